The summed E-state index contributed by atoms with van der Waals surface area (Å²) in [5.41, 5.74) is 2.70. The van der Waals surface area contributed by atoms with E-state index in [0.29, 0.717) is 0 Å². The summed E-state index contributed by atoms with van der Waals surface area (Å²) in [6.07, 6.45) is 3.58. The Bertz CT molecular complexity index is 320. The third-order valence-corrected chi connectivity index (χ3v) is 2.61. The Balaban J connectivity index is 2.19. The fourth-order valence-electron chi connectivity index (χ4n) is 1.79. The number of unbranched alkanes of at least 4 members (excludes halogenated alkanes) is 1. The van der Waals surface area contributed by atoms with Gasteiger partial charge in [0, 0.05) is 18.3 Å². The summed E-state index contributed by atoms with van der Waals surface area (Å²) in [6.45, 7) is 9.76. The van der Waals surface area contributed by atoms with E-state index >= 15 is 0 Å². The normalized spacial score (nSPS) is 12.1. The molecule has 0 aromatic carbocycles. The summed E-state index contributed by atoms with van der Waals surface area (Å²) in [6, 6.07) is 2.18. The second-order valence-electron chi connectivity index (χ2n) is 5.53. The summed E-state index contributed by atoms with van der Waals surface area (Å²) in [7, 11) is 2.02. The van der Waals surface area contributed by atoms with Crippen molar-refractivity contribution in [2.45, 2.75) is 52.5 Å². The van der Waals surface area contributed by atoms with Crippen LogP contribution in [0, 0.1) is 6.92 Å². The predicted molar refractivity (Wildman–Crippen MR) is 68.6 cm³/mol. The molecule has 0 saturated carbocycles. The van der Waals surface area contributed by atoms with E-state index in [1.165, 1.54) is 18.5 Å². The highest BCUT2D eigenvalue weighted by Crippen LogP contribution is 2.06. The van der Waals surface area contributed by atoms with Gasteiger partial charge in [0.25, 0.3) is 0 Å². The van der Waals surface area contributed by atoms with Gasteiger partial charge in [0.05, 0.1) is 5.69 Å². The summed E-state index contributed by atoms with van der Waals surface area (Å²) in [4.78, 5) is 0. The van der Waals surface area contributed by atoms with Crippen LogP contribution in [0.25, 0.3) is 0 Å². The van der Waals surface area contributed by atoms with Crippen LogP contribution < -0.4 is 5.32 Å². The summed E-state index contributed by atoms with van der Waals surface area (Å²) in [5, 5.41) is 7.86. The van der Waals surface area contributed by atoms with Crippen LogP contribution in [0.2, 0.25) is 0 Å². The number of hydrogen-bond donors (Lipinski definition) is 1. The molecule has 0 atom stereocenters. The Morgan fingerprint density at radius 3 is 2.50 bits per heavy atom. The van der Waals surface area contributed by atoms with Crippen LogP contribution in [0.4, 0.5) is 0 Å². The number of aryl methyl sites for hydroxylation is 3. The minimum absolute atomic E-state index is 0.239. The molecule has 0 aliphatic heterocycles. The summed E-state index contributed by atoms with van der Waals surface area (Å²) < 4.78 is 1.99. The van der Waals surface area contributed by atoms with Crippen molar-refractivity contribution in [2.75, 3.05) is 6.54 Å². The highest BCUT2D eigenvalue weighted by Gasteiger charge is 2.07. The molecule has 1 aromatic heterocycles. The van der Waals surface area contributed by atoms with Crippen molar-refractivity contribution in [1.82, 2.24) is 15.1 Å². The summed E-state index contributed by atoms with van der Waals surface area (Å²) in [5.74, 6) is 0. The van der Waals surface area contributed by atoms with Crippen LogP contribution in [0.5, 0.6) is 0 Å². The molecule has 16 heavy (non-hydrogen) atoms. The smallest absolute Gasteiger partial charge is 0.0596 e. The quantitative estimate of drug-likeness (QED) is 0.777. The van der Waals surface area contributed by atoms with Gasteiger partial charge < -0.3 is 5.32 Å². The Kier molecular flexibility index (Phi) is 4.54. The van der Waals surface area contributed by atoms with Crippen molar-refractivity contribution in [1.29, 1.82) is 0 Å². The van der Waals surface area contributed by atoms with Crippen molar-refractivity contribution < 1.29 is 0 Å². The van der Waals surface area contributed by atoms with Gasteiger partial charge in [-0.05, 0) is 59.6 Å². The third-order valence-electron chi connectivity index (χ3n) is 2.61. The zero-order valence-corrected chi connectivity index (χ0v) is 11.3. The first-order valence-corrected chi connectivity index (χ1v) is 6.13. The van der Waals surface area contributed by atoms with E-state index in [9.17, 15) is 0 Å². The number of nitrogens with zero attached hydrogens (tertiary/aromatic N) is 2. The first kappa shape index (κ1) is 13.2. The minimum Gasteiger partial charge on any atom is -0.312 e. The van der Waals surface area contributed by atoms with E-state index in [4.69, 9.17) is 0 Å². The molecule has 1 N–H and O–H groups in total. The highest BCUT2D eigenvalue weighted by molar-refractivity contribution is 5.08. The molecule has 0 spiro atoms. The molecule has 1 rings (SSSR count). The number of rotatable bonds is 5. The monoisotopic (exact) mass is 223 g/mol. The van der Waals surface area contributed by atoms with Crippen LogP contribution in [0.1, 0.15) is 45.0 Å². The lowest BCUT2D eigenvalue weighted by Gasteiger charge is -2.20. The molecule has 1 aromatic rings. The maximum absolute atomic E-state index is 4.35. The maximum atomic E-state index is 4.35. The topological polar surface area (TPSA) is 29.9 Å². The van der Waals surface area contributed by atoms with Gasteiger partial charge in [-0.15, -0.1) is 0 Å². The molecule has 92 valence electrons. The largest absolute Gasteiger partial charge is 0.312 e. The number of hydrogen-bond acceptors (Lipinski definition) is 2. The van der Waals surface area contributed by atoms with Crippen LogP contribution in [0.3, 0.4) is 0 Å². The average molecular weight is 223 g/mol. The fraction of sp³-hybridized carbons (Fsp3) is 0.769. The third kappa shape index (κ3) is 4.79. The van der Waals surface area contributed by atoms with Gasteiger partial charge in [0.15, 0.2) is 0 Å². The van der Waals surface area contributed by atoms with Crippen molar-refractivity contribution in [3.05, 3.63) is 17.5 Å². The molecule has 0 bridgehead atoms. The Labute approximate surface area is 99.2 Å². The maximum Gasteiger partial charge on any atom is 0.0596 e. The molecule has 0 aliphatic rings. The van der Waals surface area contributed by atoms with E-state index in [1.54, 1.807) is 0 Å². The molecule has 0 radical (unpaired) electrons. The standard InChI is InChI=1S/C13H25N3/c1-11-10-12(16(5)15-11)8-6-7-9-14-13(2,3)4/h10,14H,6-9H2,1-5H3. The molecule has 0 unspecified atom stereocenters. The lowest BCUT2D eigenvalue weighted by molar-refractivity contribution is 0.418. The van der Waals surface area contributed by atoms with Crippen LogP contribution >= 0.6 is 0 Å². The van der Waals surface area contributed by atoms with E-state index in [0.717, 1.165) is 18.7 Å². The SMILES string of the molecule is Cc1cc(CCCCNC(C)(C)C)n(C)n1. The van der Waals surface area contributed by atoms with Crippen LogP contribution in [-0.2, 0) is 13.5 Å². The van der Waals surface area contributed by atoms with Crippen molar-refractivity contribution >= 4 is 0 Å². The van der Waals surface area contributed by atoms with E-state index < -0.39 is 0 Å². The van der Waals surface area contributed by atoms with Crippen molar-refractivity contribution in [3.63, 3.8) is 0 Å². The van der Waals surface area contributed by atoms with Crippen molar-refractivity contribution in [2.24, 2.45) is 7.05 Å². The van der Waals surface area contributed by atoms with E-state index in [2.05, 4.69) is 37.3 Å². The van der Waals surface area contributed by atoms with Gasteiger partial charge in [-0.1, -0.05) is 0 Å². The highest BCUT2D eigenvalue weighted by atomic mass is 15.3. The molecule has 0 aliphatic carbocycles. The molecular formula is C13H25N3. The van der Waals surface area contributed by atoms with Gasteiger partial charge in [-0.25, -0.2) is 0 Å². The lowest BCUT2D eigenvalue weighted by atomic mass is 10.1. The van der Waals surface area contributed by atoms with Gasteiger partial charge in [-0.2, -0.15) is 5.10 Å². The van der Waals surface area contributed by atoms with Gasteiger partial charge >= 0.3 is 0 Å². The molecule has 0 saturated heterocycles. The van der Waals surface area contributed by atoms with Gasteiger partial charge in [0.2, 0.25) is 0 Å². The van der Waals surface area contributed by atoms with Crippen LogP contribution in [-0.4, -0.2) is 21.9 Å². The summed E-state index contributed by atoms with van der Waals surface area (Å²) >= 11 is 0. The Morgan fingerprint density at radius 2 is 2.00 bits per heavy atom. The molecule has 0 fully saturated rings. The molecule has 3 heteroatoms. The van der Waals surface area contributed by atoms with Crippen molar-refractivity contribution in [3.8, 4) is 0 Å². The van der Waals surface area contributed by atoms with Crippen LogP contribution in [0.15, 0.2) is 6.07 Å². The zero-order valence-electron chi connectivity index (χ0n) is 11.3. The number of aromatic nitrogens is 2. The second kappa shape index (κ2) is 5.48. The predicted octanol–water partition coefficient (Wildman–Crippen LogP) is 2.44. The van der Waals surface area contributed by atoms with Gasteiger partial charge in [0.1, 0.15) is 0 Å². The molecule has 3 nitrogen and oxygen atoms in total. The van der Waals surface area contributed by atoms with E-state index in [1.807, 2.05) is 18.7 Å². The minimum atomic E-state index is 0.239. The molecule has 1 heterocycles. The number of nitrogens with one attached hydrogen (secondary N) is 1. The molecular weight excluding hydrogens is 198 g/mol. The zero-order chi connectivity index (χ0) is 12.2. The fourth-order valence-corrected chi connectivity index (χ4v) is 1.79. The van der Waals surface area contributed by atoms with Gasteiger partial charge in [-0.3, -0.25) is 4.68 Å². The molecule has 0 amide bonds. The van der Waals surface area contributed by atoms with E-state index in [-0.39, 0.29) is 5.54 Å². The lowest BCUT2D eigenvalue weighted by Crippen LogP contribution is -2.36. The second-order valence-corrected chi connectivity index (χ2v) is 5.53. The Hall–Kier alpha value is -0.830. The Morgan fingerprint density at radius 1 is 1.31 bits per heavy atom. The first-order chi connectivity index (χ1) is 7.38. The average Bonchev–Trinajstić information content (AvgIpc) is 2.42. The first-order valence-electron chi connectivity index (χ1n) is 6.13.